The lowest BCUT2D eigenvalue weighted by Gasteiger charge is -2.08. The van der Waals surface area contributed by atoms with Crippen molar-refractivity contribution >= 4 is 34.2 Å². The van der Waals surface area contributed by atoms with Crippen LogP contribution >= 0.6 is 22.6 Å². The van der Waals surface area contributed by atoms with Crippen molar-refractivity contribution in [3.05, 3.63) is 52.0 Å². The van der Waals surface area contributed by atoms with Gasteiger partial charge in [0.1, 0.15) is 6.04 Å². The molecule has 0 spiro atoms. The zero-order valence-electron chi connectivity index (χ0n) is 10.6. The van der Waals surface area contributed by atoms with Gasteiger partial charge in [-0.3, -0.25) is 4.79 Å². The molecule has 0 unspecified atom stereocenters. The number of nitrogens with two attached hydrogens (primary N) is 1. The normalized spacial score (nSPS) is 12.1. The van der Waals surface area contributed by atoms with Crippen LogP contribution in [0.5, 0.6) is 0 Å². The minimum atomic E-state index is -0.0135. The van der Waals surface area contributed by atoms with Crippen molar-refractivity contribution in [2.75, 3.05) is 11.9 Å². The van der Waals surface area contributed by atoms with Crippen molar-refractivity contribution in [2.45, 2.75) is 13.0 Å². The zero-order chi connectivity index (χ0) is 13.7. The van der Waals surface area contributed by atoms with Crippen LogP contribution in [0.25, 0.3) is 0 Å². The van der Waals surface area contributed by atoms with Crippen LogP contribution in [0.3, 0.4) is 0 Å². The van der Waals surface area contributed by atoms with Crippen LogP contribution < -0.4 is 10.6 Å². The van der Waals surface area contributed by atoms with Crippen LogP contribution in [0.2, 0.25) is 0 Å². The first-order valence-electron chi connectivity index (χ1n) is 6.07. The van der Waals surface area contributed by atoms with E-state index in [0.29, 0.717) is 6.54 Å². The molecule has 1 aromatic carbocycles. The van der Waals surface area contributed by atoms with Crippen LogP contribution in [-0.4, -0.2) is 12.5 Å². The van der Waals surface area contributed by atoms with Gasteiger partial charge in [0.25, 0.3) is 5.91 Å². The number of quaternary nitrogens is 1. The van der Waals surface area contributed by atoms with Crippen LogP contribution in [0, 0.1) is 3.57 Å². The number of rotatable bonds is 5. The van der Waals surface area contributed by atoms with E-state index in [1.807, 2.05) is 48.6 Å². The van der Waals surface area contributed by atoms with E-state index < -0.39 is 0 Å². The number of anilines is 1. The molecule has 0 radical (unpaired) electrons. The maximum Gasteiger partial charge on any atom is 0.279 e. The number of hydrogen-bond donors (Lipinski definition) is 2. The van der Waals surface area contributed by atoms with E-state index in [2.05, 4.69) is 27.9 Å². The van der Waals surface area contributed by atoms with E-state index in [0.717, 1.165) is 15.0 Å². The van der Waals surface area contributed by atoms with Gasteiger partial charge in [0.15, 0.2) is 12.3 Å². The Kier molecular flexibility index (Phi) is 4.98. The second-order valence-electron chi connectivity index (χ2n) is 4.30. The molecule has 0 aliphatic rings. The SMILES string of the molecule is C[C@H]([NH2+]CC(=O)Nc1cccc(I)c1)c1ccco1. The number of carbonyl (C=O) groups is 1. The molecule has 1 atom stereocenters. The van der Waals surface area contributed by atoms with Gasteiger partial charge in [-0.15, -0.1) is 0 Å². The van der Waals surface area contributed by atoms with E-state index in [-0.39, 0.29) is 11.9 Å². The number of nitrogens with one attached hydrogen (secondary N) is 1. The van der Waals surface area contributed by atoms with Crippen LogP contribution in [0.4, 0.5) is 5.69 Å². The number of halogens is 1. The van der Waals surface area contributed by atoms with Crippen molar-refractivity contribution in [3.8, 4) is 0 Å². The molecule has 0 aliphatic heterocycles. The van der Waals surface area contributed by atoms with Gasteiger partial charge in [0.2, 0.25) is 0 Å². The summed E-state index contributed by atoms with van der Waals surface area (Å²) in [6, 6.07) is 11.6. The Labute approximate surface area is 125 Å². The Morgan fingerprint density at radius 1 is 1.42 bits per heavy atom. The summed E-state index contributed by atoms with van der Waals surface area (Å²) >= 11 is 2.22. The second-order valence-corrected chi connectivity index (χ2v) is 5.55. The first kappa shape index (κ1) is 14.1. The van der Waals surface area contributed by atoms with Crippen molar-refractivity contribution in [1.29, 1.82) is 0 Å². The fourth-order valence-corrected chi connectivity index (χ4v) is 2.27. The highest BCUT2D eigenvalue weighted by Gasteiger charge is 2.13. The van der Waals surface area contributed by atoms with Crippen molar-refractivity contribution in [3.63, 3.8) is 0 Å². The quantitative estimate of drug-likeness (QED) is 0.792. The van der Waals surface area contributed by atoms with E-state index in [4.69, 9.17) is 4.42 Å². The van der Waals surface area contributed by atoms with Gasteiger partial charge in [-0.2, -0.15) is 0 Å². The van der Waals surface area contributed by atoms with Crippen LogP contribution in [0.15, 0.2) is 47.1 Å². The average Bonchev–Trinajstić information content (AvgIpc) is 2.90. The molecule has 0 aliphatic carbocycles. The molecule has 4 nitrogen and oxygen atoms in total. The van der Waals surface area contributed by atoms with Gasteiger partial charge < -0.3 is 15.1 Å². The van der Waals surface area contributed by atoms with Gasteiger partial charge in [0, 0.05) is 9.26 Å². The van der Waals surface area contributed by atoms with Crippen molar-refractivity contribution in [1.82, 2.24) is 0 Å². The Hall–Kier alpha value is -1.34. The highest BCUT2D eigenvalue weighted by atomic mass is 127. The molecule has 100 valence electrons. The summed E-state index contributed by atoms with van der Waals surface area (Å²) in [5.41, 5.74) is 0.830. The predicted octanol–water partition coefficient (Wildman–Crippen LogP) is 2.15. The molecule has 1 aromatic heterocycles. The number of furan rings is 1. The topological polar surface area (TPSA) is 58.9 Å². The summed E-state index contributed by atoms with van der Waals surface area (Å²) in [6.45, 7) is 2.38. The largest absolute Gasteiger partial charge is 0.463 e. The minimum Gasteiger partial charge on any atom is -0.463 e. The maximum atomic E-state index is 11.8. The highest BCUT2D eigenvalue weighted by Crippen LogP contribution is 2.12. The zero-order valence-corrected chi connectivity index (χ0v) is 12.8. The molecule has 19 heavy (non-hydrogen) atoms. The predicted molar refractivity (Wildman–Crippen MR) is 81.7 cm³/mol. The van der Waals surface area contributed by atoms with Gasteiger partial charge in [0.05, 0.1) is 6.26 Å². The highest BCUT2D eigenvalue weighted by molar-refractivity contribution is 14.1. The summed E-state index contributed by atoms with van der Waals surface area (Å²) in [4.78, 5) is 11.8. The Morgan fingerprint density at radius 3 is 2.95 bits per heavy atom. The molecule has 0 saturated heterocycles. The van der Waals surface area contributed by atoms with Gasteiger partial charge in [-0.05, 0) is 59.8 Å². The van der Waals surface area contributed by atoms with E-state index in [9.17, 15) is 4.79 Å². The van der Waals surface area contributed by atoms with Gasteiger partial charge in [-0.25, -0.2) is 0 Å². The fraction of sp³-hybridized carbons (Fsp3) is 0.214. The average molecular weight is 371 g/mol. The van der Waals surface area contributed by atoms with E-state index in [1.165, 1.54) is 0 Å². The van der Waals surface area contributed by atoms with Crippen molar-refractivity contribution < 1.29 is 14.5 Å². The lowest BCUT2D eigenvalue weighted by molar-refractivity contribution is -0.684. The molecule has 3 N–H and O–H groups in total. The molecule has 0 bridgehead atoms. The van der Waals surface area contributed by atoms with Gasteiger partial charge in [-0.1, -0.05) is 6.07 Å². The van der Waals surface area contributed by atoms with Crippen molar-refractivity contribution in [2.24, 2.45) is 0 Å². The number of carbonyl (C=O) groups excluding carboxylic acids is 1. The Balaban J connectivity index is 1.82. The second kappa shape index (κ2) is 6.72. The number of benzene rings is 1. The van der Waals surface area contributed by atoms with Crippen LogP contribution in [-0.2, 0) is 4.79 Å². The first-order valence-corrected chi connectivity index (χ1v) is 7.15. The molecule has 0 saturated carbocycles. The monoisotopic (exact) mass is 371 g/mol. The summed E-state index contributed by atoms with van der Waals surface area (Å²) in [6.07, 6.45) is 1.64. The minimum absolute atomic E-state index is 0.0135. The molecule has 2 aromatic rings. The molecule has 1 heterocycles. The van der Waals surface area contributed by atoms with Gasteiger partial charge >= 0.3 is 0 Å². The summed E-state index contributed by atoms with van der Waals surface area (Å²) < 4.78 is 6.40. The van der Waals surface area contributed by atoms with E-state index in [1.54, 1.807) is 6.26 Å². The lowest BCUT2D eigenvalue weighted by atomic mass is 10.2. The summed E-state index contributed by atoms with van der Waals surface area (Å²) in [5, 5.41) is 4.82. The summed E-state index contributed by atoms with van der Waals surface area (Å²) in [5.74, 6) is 0.863. The molecule has 1 amide bonds. The fourth-order valence-electron chi connectivity index (χ4n) is 1.73. The van der Waals surface area contributed by atoms with Crippen LogP contribution in [0.1, 0.15) is 18.7 Å². The Bertz CT molecular complexity index is 540. The third-order valence-electron chi connectivity index (χ3n) is 2.76. The maximum absolute atomic E-state index is 11.8. The molecular weight excluding hydrogens is 355 g/mol. The Morgan fingerprint density at radius 2 is 2.26 bits per heavy atom. The molecule has 2 rings (SSSR count). The standard InChI is InChI=1S/C14H15IN2O2/c1-10(13-6-3-7-19-13)16-9-14(18)17-12-5-2-4-11(15)8-12/h2-8,10,16H,9H2,1H3,(H,17,18)/p+1/t10-/m0/s1. The number of amides is 1. The third-order valence-corrected chi connectivity index (χ3v) is 3.43. The summed E-state index contributed by atoms with van der Waals surface area (Å²) in [7, 11) is 0. The molecular formula is C14H16IN2O2+. The molecule has 5 heteroatoms. The first-order chi connectivity index (χ1) is 9.15. The molecule has 0 fully saturated rings. The third kappa shape index (κ3) is 4.36. The number of hydrogen-bond acceptors (Lipinski definition) is 2. The smallest absolute Gasteiger partial charge is 0.279 e. The lowest BCUT2D eigenvalue weighted by Crippen LogP contribution is -2.86. The van der Waals surface area contributed by atoms with E-state index >= 15 is 0 Å².